The number of benzene rings is 2. The van der Waals surface area contributed by atoms with Crippen LogP contribution in [-0.2, 0) is 22.5 Å². The molecule has 0 aliphatic heterocycles. The van der Waals surface area contributed by atoms with Crippen LogP contribution in [-0.4, -0.2) is 42.8 Å². The van der Waals surface area contributed by atoms with Gasteiger partial charge in [0.25, 0.3) is 0 Å². The summed E-state index contributed by atoms with van der Waals surface area (Å²) in [4.78, 5) is 16.5. The second-order valence-corrected chi connectivity index (χ2v) is 9.08. The molecule has 194 valence electrons. The SMILES string of the molecule is CCCCc1nc(Cl)c(/C=C/C(=O)OCC)n1Cc1cc2ccc(-c3ccccc3-c3nn[nH]n3)cc2o1. The van der Waals surface area contributed by atoms with Gasteiger partial charge in [0.05, 0.1) is 18.8 Å². The Kier molecular flexibility index (Phi) is 7.65. The second-order valence-electron chi connectivity index (χ2n) is 8.73. The molecule has 0 fully saturated rings. The first kappa shape index (κ1) is 25.4. The zero-order chi connectivity index (χ0) is 26.5. The smallest absolute Gasteiger partial charge is 0.330 e. The number of nitrogens with one attached hydrogen (secondary N) is 1. The minimum atomic E-state index is -0.427. The van der Waals surface area contributed by atoms with E-state index in [0.717, 1.165) is 58.5 Å². The van der Waals surface area contributed by atoms with Crippen LogP contribution in [0.15, 0.2) is 59.0 Å². The summed E-state index contributed by atoms with van der Waals surface area (Å²) in [6.45, 7) is 4.62. The largest absolute Gasteiger partial charge is 0.463 e. The quantitative estimate of drug-likeness (QED) is 0.171. The first-order valence-corrected chi connectivity index (χ1v) is 12.9. The van der Waals surface area contributed by atoms with Gasteiger partial charge >= 0.3 is 5.97 Å². The van der Waals surface area contributed by atoms with Crippen LogP contribution in [0.4, 0.5) is 0 Å². The minimum Gasteiger partial charge on any atom is -0.463 e. The molecule has 5 aromatic rings. The van der Waals surface area contributed by atoms with Crippen LogP contribution in [0, 0.1) is 0 Å². The van der Waals surface area contributed by atoms with Gasteiger partial charge in [0.15, 0.2) is 5.15 Å². The molecule has 0 unspecified atom stereocenters. The molecule has 0 aliphatic carbocycles. The van der Waals surface area contributed by atoms with Gasteiger partial charge in [-0.05, 0) is 47.9 Å². The molecule has 0 amide bonds. The molecular weight excluding hydrogens is 504 g/mol. The van der Waals surface area contributed by atoms with Crippen molar-refractivity contribution in [2.75, 3.05) is 6.61 Å². The Labute approximate surface area is 224 Å². The number of esters is 1. The summed E-state index contributed by atoms with van der Waals surface area (Å²) >= 11 is 6.50. The zero-order valence-corrected chi connectivity index (χ0v) is 21.9. The number of H-pyrrole nitrogens is 1. The number of tetrazole rings is 1. The summed E-state index contributed by atoms with van der Waals surface area (Å²) in [5.74, 6) is 1.70. The van der Waals surface area contributed by atoms with Crippen molar-refractivity contribution >= 4 is 34.6 Å². The Bertz CT molecular complexity index is 1590. The van der Waals surface area contributed by atoms with Crippen LogP contribution in [0.25, 0.3) is 39.6 Å². The number of nitrogens with zero attached hydrogens (tertiary/aromatic N) is 5. The van der Waals surface area contributed by atoms with Crippen molar-refractivity contribution in [2.45, 2.75) is 39.7 Å². The van der Waals surface area contributed by atoms with Crippen molar-refractivity contribution in [3.8, 4) is 22.5 Å². The molecule has 0 spiro atoms. The number of carbonyl (C=O) groups is 1. The molecule has 0 saturated heterocycles. The van der Waals surface area contributed by atoms with E-state index in [2.05, 4.69) is 38.6 Å². The van der Waals surface area contributed by atoms with Crippen molar-refractivity contribution in [2.24, 2.45) is 0 Å². The van der Waals surface area contributed by atoms with Crippen LogP contribution < -0.4 is 0 Å². The molecule has 0 bridgehead atoms. The van der Waals surface area contributed by atoms with Gasteiger partial charge in [-0.15, -0.1) is 10.2 Å². The summed E-state index contributed by atoms with van der Waals surface area (Å²) in [6, 6.07) is 16.0. The fourth-order valence-corrected chi connectivity index (χ4v) is 4.64. The number of rotatable bonds is 10. The van der Waals surface area contributed by atoms with Crippen molar-refractivity contribution in [3.63, 3.8) is 0 Å². The highest BCUT2D eigenvalue weighted by Gasteiger charge is 2.17. The normalized spacial score (nSPS) is 11.6. The molecule has 0 atom stereocenters. The number of unbranched alkanes of at least 4 members (excludes halogenated alkanes) is 1. The van der Waals surface area contributed by atoms with Gasteiger partial charge in [-0.2, -0.15) is 5.21 Å². The molecule has 5 rings (SSSR count). The highest BCUT2D eigenvalue weighted by atomic mass is 35.5. The van der Waals surface area contributed by atoms with Gasteiger partial charge in [0.2, 0.25) is 5.82 Å². The van der Waals surface area contributed by atoms with Crippen molar-refractivity contribution in [1.82, 2.24) is 30.2 Å². The second kappa shape index (κ2) is 11.4. The standard InChI is InChI=1S/C28H27ClN6O3/c1-3-5-10-25-30-27(29)23(13-14-26(36)37-4-2)35(25)17-20-15-19-12-11-18(16-24(19)38-20)21-8-6-7-9-22(21)28-31-33-34-32-28/h6-9,11-16H,3-5,10,17H2,1-2H3,(H,31,32,33,34)/b14-13+. The fraction of sp³-hybridized carbons (Fsp3) is 0.250. The molecule has 0 aliphatic rings. The molecule has 3 heterocycles. The maximum absolute atomic E-state index is 11.9. The number of hydrogen-bond donors (Lipinski definition) is 1. The molecule has 9 nitrogen and oxygen atoms in total. The highest BCUT2D eigenvalue weighted by molar-refractivity contribution is 6.30. The van der Waals surface area contributed by atoms with Crippen LogP contribution >= 0.6 is 11.6 Å². The minimum absolute atomic E-state index is 0.304. The van der Waals surface area contributed by atoms with Crippen LogP contribution in [0.2, 0.25) is 5.15 Å². The Morgan fingerprint density at radius 1 is 1.16 bits per heavy atom. The predicted molar refractivity (Wildman–Crippen MR) is 145 cm³/mol. The lowest BCUT2D eigenvalue weighted by atomic mass is 9.98. The Balaban J connectivity index is 1.49. The van der Waals surface area contributed by atoms with Crippen LogP contribution in [0.5, 0.6) is 0 Å². The lowest BCUT2D eigenvalue weighted by Gasteiger charge is -2.08. The van der Waals surface area contributed by atoms with Gasteiger partial charge in [-0.1, -0.05) is 61.3 Å². The van der Waals surface area contributed by atoms with Crippen LogP contribution in [0.1, 0.15) is 44.0 Å². The number of ether oxygens (including phenoxy) is 1. The third-order valence-electron chi connectivity index (χ3n) is 6.17. The van der Waals surface area contributed by atoms with Crippen molar-refractivity contribution in [3.05, 3.63) is 77.0 Å². The van der Waals surface area contributed by atoms with E-state index in [9.17, 15) is 4.79 Å². The summed E-state index contributed by atoms with van der Waals surface area (Å²) in [5.41, 5.74) is 4.22. The van der Waals surface area contributed by atoms with E-state index >= 15 is 0 Å². The number of halogens is 1. The first-order valence-electron chi connectivity index (χ1n) is 12.5. The Morgan fingerprint density at radius 2 is 2.00 bits per heavy atom. The average molecular weight is 531 g/mol. The highest BCUT2D eigenvalue weighted by Crippen LogP contribution is 2.33. The van der Waals surface area contributed by atoms with E-state index in [1.54, 1.807) is 13.0 Å². The third-order valence-corrected chi connectivity index (χ3v) is 6.45. The van der Waals surface area contributed by atoms with E-state index < -0.39 is 5.97 Å². The maximum Gasteiger partial charge on any atom is 0.330 e. The average Bonchev–Trinajstić information content (AvgIpc) is 3.66. The monoisotopic (exact) mass is 530 g/mol. The topological polar surface area (TPSA) is 112 Å². The number of aromatic nitrogens is 6. The molecule has 38 heavy (non-hydrogen) atoms. The summed E-state index contributed by atoms with van der Waals surface area (Å²) in [7, 11) is 0. The number of furan rings is 1. The van der Waals surface area contributed by atoms with Gasteiger partial charge in [0, 0.05) is 23.4 Å². The van der Waals surface area contributed by atoms with Crippen molar-refractivity contribution < 1.29 is 13.9 Å². The molecule has 1 N–H and O–H groups in total. The molecule has 0 saturated carbocycles. The van der Waals surface area contributed by atoms with E-state index in [1.165, 1.54) is 6.08 Å². The molecular formula is C28H27ClN6O3. The summed E-state index contributed by atoms with van der Waals surface area (Å²) in [5, 5.41) is 15.8. The van der Waals surface area contributed by atoms with Gasteiger partial charge < -0.3 is 13.7 Å². The van der Waals surface area contributed by atoms with Crippen molar-refractivity contribution in [1.29, 1.82) is 0 Å². The number of hydrogen-bond acceptors (Lipinski definition) is 7. The molecule has 3 aromatic heterocycles. The summed E-state index contributed by atoms with van der Waals surface area (Å²) < 4.78 is 13.3. The van der Waals surface area contributed by atoms with Crippen LogP contribution in [0.3, 0.4) is 0 Å². The molecule has 2 aromatic carbocycles. The number of imidazole rings is 1. The molecule has 0 radical (unpaired) electrons. The van der Waals surface area contributed by atoms with E-state index in [-0.39, 0.29) is 0 Å². The van der Waals surface area contributed by atoms with Gasteiger partial charge in [-0.25, -0.2) is 9.78 Å². The van der Waals surface area contributed by atoms with E-state index in [0.29, 0.717) is 29.8 Å². The van der Waals surface area contributed by atoms with E-state index in [1.807, 2.05) is 47.0 Å². The third kappa shape index (κ3) is 5.38. The Hall–Kier alpha value is -4.24. The first-order chi connectivity index (χ1) is 18.6. The maximum atomic E-state index is 11.9. The summed E-state index contributed by atoms with van der Waals surface area (Å²) in [6.07, 6.45) is 5.78. The van der Waals surface area contributed by atoms with E-state index in [4.69, 9.17) is 20.8 Å². The number of fused-ring (bicyclic) bond motifs is 1. The lowest BCUT2D eigenvalue weighted by molar-refractivity contribution is -0.137. The van der Waals surface area contributed by atoms with Gasteiger partial charge in [0.1, 0.15) is 17.2 Å². The number of carbonyl (C=O) groups excluding carboxylic acids is 1. The Morgan fingerprint density at radius 3 is 2.76 bits per heavy atom. The lowest BCUT2D eigenvalue weighted by Crippen LogP contribution is -2.07. The number of aromatic amines is 1. The fourth-order valence-electron chi connectivity index (χ4n) is 4.37. The van der Waals surface area contributed by atoms with Gasteiger partial charge in [-0.3, -0.25) is 0 Å². The number of aryl methyl sites for hydroxylation is 1. The predicted octanol–water partition coefficient (Wildman–Crippen LogP) is 6.10. The zero-order valence-electron chi connectivity index (χ0n) is 21.1. The molecule has 10 heteroatoms.